The summed E-state index contributed by atoms with van der Waals surface area (Å²) in [5.41, 5.74) is 0. The zero-order valence-corrected chi connectivity index (χ0v) is 9.83. The van der Waals surface area contributed by atoms with Gasteiger partial charge >= 0.3 is 0 Å². The lowest BCUT2D eigenvalue weighted by Gasteiger charge is -2.27. The Morgan fingerprint density at radius 2 is 2.27 bits per heavy atom. The van der Waals surface area contributed by atoms with Gasteiger partial charge < -0.3 is 10.2 Å². The summed E-state index contributed by atoms with van der Waals surface area (Å²) in [7, 11) is 0. The van der Waals surface area contributed by atoms with E-state index in [1.807, 2.05) is 0 Å². The van der Waals surface area contributed by atoms with Crippen LogP contribution in [0, 0.1) is 5.92 Å². The van der Waals surface area contributed by atoms with Crippen molar-refractivity contribution in [2.24, 2.45) is 5.92 Å². The van der Waals surface area contributed by atoms with Crippen LogP contribution >= 0.6 is 0 Å². The number of amides is 1. The van der Waals surface area contributed by atoms with Gasteiger partial charge in [-0.05, 0) is 39.2 Å². The highest BCUT2D eigenvalue weighted by Crippen LogP contribution is 2.25. The molecule has 0 bridgehead atoms. The van der Waals surface area contributed by atoms with Gasteiger partial charge in [0.15, 0.2) is 0 Å². The molecule has 0 aromatic carbocycles. The molecule has 0 aliphatic carbocycles. The van der Waals surface area contributed by atoms with Crippen molar-refractivity contribution in [3.63, 3.8) is 0 Å². The first kappa shape index (κ1) is 10.9. The van der Waals surface area contributed by atoms with Gasteiger partial charge in [-0.2, -0.15) is 0 Å². The molecule has 2 fully saturated rings. The van der Waals surface area contributed by atoms with Gasteiger partial charge in [-0.25, -0.2) is 0 Å². The number of carbonyl (C=O) groups excluding carboxylic acids is 1. The van der Waals surface area contributed by atoms with E-state index in [9.17, 15) is 4.79 Å². The van der Waals surface area contributed by atoms with E-state index in [-0.39, 0.29) is 5.92 Å². The highest BCUT2D eigenvalue weighted by molar-refractivity contribution is 5.80. The molecule has 2 rings (SSSR count). The molecule has 0 aromatic heterocycles. The highest BCUT2D eigenvalue weighted by atomic mass is 16.2. The Kier molecular flexibility index (Phi) is 3.29. The van der Waals surface area contributed by atoms with Crippen molar-refractivity contribution in [2.75, 3.05) is 13.1 Å². The van der Waals surface area contributed by atoms with E-state index in [0.29, 0.717) is 18.0 Å². The molecular weight excluding hydrogens is 188 g/mol. The van der Waals surface area contributed by atoms with E-state index in [1.165, 1.54) is 12.8 Å². The number of likely N-dealkylation sites (tertiary alicyclic amines) is 1. The van der Waals surface area contributed by atoms with Gasteiger partial charge in [0.2, 0.25) is 5.91 Å². The normalized spacial score (nSPS) is 36.1. The molecule has 3 unspecified atom stereocenters. The fourth-order valence-electron chi connectivity index (χ4n) is 2.97. The lowest BCUT2D eigenvalue weighted by molar-refractivity contribution is -0.136. The minimum Gasteiger partial charge on any atom is -0.340 e. The zero-order chi connectivity index (χ0) is 10.8. The Labute approximate surface area is 92.2 Å². The second-order valence-corrected chi connectivity index (χ2v) is 4.89. The molecule has 0 radical (unpaired) electrons. The maximum atomic E-state index is 12.3. The van der Waals surface area contributed by atoms with Gasteiger partial charge in [-0.15, -0.1) is 0 Å². The smallest absolute Gasteiger partial charge is 0.227 e. The molecule has 2 aliphatic rings. The fourth-order valence-corrected chi connectivity index (χ4v) is 2.97. The highest BCUT2D eigenvalue weighted by Gasteiger charge is 2.36. The van der Waals surface area contributed by atoms with Crippen molar-refractivity contribution in [3.05, 3.63) is 0 Å². The standard InChI is InChI=1S/C12H22N2O/c1-3-11-10(6-7-13-11)12(15)14-8-4-5-9(14)2/h9-11,13H,3-8H2,1-2H3. The molecule has 2 saturated heterocycles. The predicted molar refractivity (Wildman–Crippen MR) is 60.6 cm³/mol. The van der Waals surface area contributed by atoms with Crippen LogP contribution in [0.2, 0.25) is 0 Å². The van der Waals surface area contributed by atoms with Crippen LogP contribution in [0.4, 0.5) is 0 Å². The van der Waals surface area contributed by atoms with Gasteiger partial charge in [0, 0.05) is 18.6 Å². The Balaban J connectivity index is 2.00. The molecular formula is C12H22N2O. The van der Waals surface area contributed by atoms with E-state index in [4.69, 9.17) is 0 Å². The number of nitrogens with zero attached hydrogens (tertiary/aromatic N) is 1. The monoisotopic (exact) mass is 210 g/mol. The van der Waals surface area contributed by atoms with E-state index >= 15 is 0 Å². The molecule has 1 N–H and O–H groups in total. The second kappa shape index (κ2) is 4.52. The summed E-state index contributed by atoms with van der Waals surface area (Å²) in [6.07, 6.45) is 4.46. The number of hydrogen-bond donors (Lipinski definition) is 1. The van der Waals surface area contributed by atoms with Crippen molar-refractivity contribution in [3.8, 4) is 0 Å². The van der Waals surface area contributed by atoms with Crippen LogP contribution in [0.25, 0.3) is 0 Å². The van der Waals surface area contributed by atoms with Crippen molar-refractivity contribution in [2.45, 2.75) is 51.6 Å². The van der Waals surface area contributed by atoms with Crippen molar-refractivity contribution >= 4 is 5.91 Å². The van der Waals surface area contributed by atoms with Crippen LogP contribution in [0.5, 0.6) is 0 Å². The zero-order valence-electron chi connectivity index (χ0n) is 9.83. The average molecular weight is 210 g/mol. The Morgan fingerprint density at radius 3 is 2.87 bits per heavy atom. The van der Waals surface area contributed by atoms with Gasteiger partial charge in [-0.3, -0.25) is 4.79 Å². The number of hydrogen-bond acceptors (Lipinski definition) is 2. The largest absolute Gasteiger partial charge is 0.340 e. The SMILES string of the molecule is CCC1NCCC1C(=O)N1CCCC1C. The molecule has 0 aromatic rings. The Hall–Kier alpha value is -0.570. The summed E-state index contributed by atoms with van der Waals surface area (Å²) < 4.78 is 0. The van der Waals surface area contributed by atoms with Gasteiger partial charge in [0.25, 0.3) is 0 Å². The number of nitrogens with one attached hydrogen (secondary N) is 1. The van der Waals surface area contributed by atoms with Crippen LogP contribution in [-0.4, -0.2) is 36.0 Å². The van der Waals surface area contributed by atoms with E-state index in [2.05, 4.69) is 24.1 Å². The van der Waals surface area contributed by atoms with Gasteiger partial charge in [0.05, 0.1) is 5.92 Å². The van der Waals surface area contributed by atoms with Crippen LogP contribution < -0.4 is 5.32 Å². The quantitative estimate of drug-likeness (QED) is 0.747. The maximum Gasteiger partial charge on any atom is 0.227 e. The number of carbonyl (C=O) groups is 1. The summed E-state index contributed by atoms with van der Waals surface area (Å²) in [5.74, 6) is 0.646. The molecule has 3 atom stereocenters. The van der Waals surface area contributed by atoms with Crippen LogP contribution in [0.3, 0.4) is 0 Å². The van der Waals surface area contributed by atoms with Gasteiger partial charge in [-0.1, -0.05) is 6.92 Å². The van der Waals surface area contributed by atoms with Gasteiger partial charge in [0.1, 0.15) is 0 Å². The minimum atomic E-state index is 0.246. The first-order valence-electron chi connectivity index (χ1n) is 6.28. The molecule has 1 amide bonds. The summed E-state index contributed by atoms with van der Waals surface area (Å²) >= 11 is 0. The first-order valence-corrected chi connectivity index (χ1v) is 6.28. The third-order valence-electron chi connectivity index (χ3n) is 3.94. The van der Waals surface area contributed by atoms with Crippen LogP contribution in [0.1, 0.15) is 39.5 Å². The summed E-state index contributed by atoms with van der Waals surface area (Å²) in [6.45, 7) is 6.33. The Morgan fingerprint density at radius 1 is 1.47 bits per heavy atom. The van der Waals surface area contributed by atoms with E-state index in [1.54, 1.807) is 0 Å². The van der Waals surface area contributed by atoms with Crippen LogP contribution in [0.15, 0.2) is 0 Å². The lowest BCUT2D eigenvalue weighted by Crippen LogP contribution is -2.42. The van der Waals surface area contributed by atoms with Crippen LogP contribution in [-0.2, 0) is 4.79 Å². The minimum absolute atomic E-state index is 0.246. The molecule has 86 valence electrons. The fraction of sp³-hybridized carbons (Fsp3) is 0.917. The summed E-state index contributed by atoms with van der Waals surface area (Å²) in [6, 6.07) is 0.890. The third-order valence-corrected chi connectivity index (χ3v) is 3.94. The third kappa shape index (κ3) is 2.03. The maximum absolute atomic E-state index is 12.3. The molecule has 3 nitrogen and oxygen atoms in total. The topological polar surface area (TPSA) is 32.3 Å². The average Bonchev–Trinajstić information content (AvgIpc) is 2.84. The molecule has 15 heavy (non-hydrogen) atoms. The predicted octanol–water partition coefficient (Wildman–Crippen LogP) is 1.39. The van der Waals surface area contributed by atoms with Crippen molar-refractivity contribution < 1.29 is 4.79 Å². The molecule has 0 saturated carbocycles. The second-order valence-electron chi connectivity index (χ2n) is 4.89. The van der Waals surface area contributed by atoms with Crippen molar-refractivity contribution in [1.82, 2.24) is 10.2 Å². The summed E-state index contributed by atoms with van der Waals surface area (Å²) in [4.78, 5) is 14.4. The van der Waals surface area contributed by atoms with E-state index < -0.39 is 0 Å². The number of rotatable bonds is 2. The van der Waals surface area contributed by atoms with E-state index in [0.717, 1.165) is 25.9 Å². The first-order chi connectivity index (χ1) is 7.24. The van der Waals surface area contributed by atoms with Crippen molar-refractivity contribution in [1.29, 1.82) is 0 Å². The molecule has 0 spiro atoms. The Bertz CT molecular complexity index is 242. The summed E-state index contributed by atoms with van der Waals surface area (Å²) in [5, 5.41) is 3.43. The lowest BCUT2D eigenvalue weighted by atomic mass is 9.97. The molecule has 2 aliphatic heterocycles. The molecule has 2 heterocycles. The molecule has 3 heteroatoms.